The Balaban J connectivity index is 0.000000167. The largest absolute Gasteiger partial charge is 0.361 e. The van der Waals surface area contributed by atoms with Crippen LogP contribution in [0.25, 0.3) is 33.6 Å². The van der Waals surface area contributed by atoms with Gasteiger partial charge >= 0.3 is 0 Å². The van der Waals surface area contributed by atoms with Crippen LogP contribution in [0.3, 0.4) is 0 Å². The highest BCUT2D eigenvalue weighted by molar-refractivity contribution is 14.1. The molecule has 0 aliphatic heterocycles. The van der Waals surface area contributed by atoms with Crippen molar-refractivity contribution in [2.75, 3.05) is 13.2 Å². The minimum Gasteiger partial charge on any atom is -0.361 e. The Morgan fingerprint density at radius 2 is 1.06 bits per heavy atom. The summed E-state index contributed by atoms with van der Waals surface area (Å²) in [5.74, 6) is 1.24. The van der Waals surface area contributed by atoms with E-state index in [1.165, 1.54) is 108 Å². The second-order valence-electron chi connectivity index (χ2n) is 18.2. The third-order valence-electron chi connectivity index (χ3n) is 11.4. The van der Waals surface area contributed by atoms with Crippen molar-refractivity contribution in [3.05, 3.63) is 57.7 Å². The lowest BCUT2D eigenvalue weighted by molar-refractivity contribution is 0.0897. The van der Waals surface area contributed by atoms with Gasteiger partial charge in [0, 0.05) is 77.4 Å². The predicted molar refractivity (Wildman–Crippen MR) is 234 cm³/mol. The van der Waals surface area contributed by atoms with Gasteiger partial charge in [0.2, 0.25) is 0 Å². The molecule has 0 spiro atoms. The molecule has 6 heterocycles. The maximum atomic E-state index is 5.99. The molecular weight excluding hydrogens is 820 g/mol. The number of aryl methyl sites for hydroxylation is 1. The number of nitrogens with zero attached hydrogens (tertiary/aromatic N) is 8. The predicted octanol–water partition coefficient (Wildman–Crippen LogP) is 11.0. The summed E-state index contributed by atoms with van der Waals surface area (Å²) in [6.07, 6.45) is 25.5. The van der Waals surface area contributed by atoms with Gasteiger partial charge in [-0.2, -0.15) is 0 Å². The molecule has 0 atom stereocenters. The molecule has 6 aromatic heterocycles. The van der Waals surface area contributed by atoms with E-state index in [1.54, 1.807) is 0 Å². The molecule has 0 N–H and O–H groups in total. The van der Waals surface area contributed by atoms with Crippen molar-refractivity contribution in [2.24, 2.45) is 0 Å². The first-order valence-corrected chi connectivity index (χ1v) is 28.9. The molecule has 2 fully saturated rings. The van der Waals surface area contributed by atoms with Crippen LogP contribution in [-0.2, 0) is 22.9 Å². The highest BCUT2D eigenvalue weighted by Crippen LogP contribution is 2.36. The molecule has 0 saturated heterocycles. The fourth-order valence-corrected chi connectivity index (χ4v) is 10.6. The van der Waals surface area contributed by atoms with Crippen LogP contribution in [0.1, 0.15) is 93.0 Å². The summed E-state index contributed by atoms with van der Waals surface area (Å²) in [6, 6.07) is 2.38. The fourth-order valence-electron chi connectivity index (χ4n) is 8.24. The Morgan fingerprint density at radius 3 is 1.54 bits per heavy atom. The van der Waals surface area contributed by atoms with E-state index in [0.717, 1.165) is 35.8 Å². The standard InChI is InChI=1S/C21H32N4OSi.C20H29IN4OSi/c1-16-14-24(15-26-10-11-27(2,3)4)21-20(16)25-18(12-22-19(25)13-23-21)17-8-6-5-7-9-17;1-27(2,3)10-9-26-14-24-13-16(21)19-20(24)23-12-18-22-11-17(25(18)19)15-7-5-4-6-8-15/h12-14,17H,5-11,15H2,1-4H3;11-13,15H,4-10,14H2,1-3H3. The number of hydrogen-bond acceptors (Lipinski definition) is 6. The van der Waals surface area contributed by atoms with Gasteiger partial charge in [0.15, 0.2) is 22.6 Å². The molecular formula is C41H61IN8O2Si2. The van der Waals surface area contributed by atoms with Crippen LogP contribution in [-0.4, -0.2) is 67.2 Å². The normalized spacial score (nSPS) is 16.6. The lowest BCUT2D eigenvalue weighted by Gasteiger charge is -2.21. The lowest BCUT2D eigenvalue weighted by atomic mass is 9.87. The first kappa shape index (κ1) is 39.6. The fraction of sp³-hybridized carbons (Fsp3) is 0.610. The molecule has 0 radical (unpaired) electrons. The van der Waals surface area contributed by atoms with Gasteiger partial charge in [-0.3, -0.25) is 8.80 Å². The summed E-state index contributed by atoms with van der Waals surface area (Å²) in [5, 5.41) is 0. The molecule has 0 unspecified atom stereocenters. The van der Waals surface area contributed by atoms with Crippen molar-refractivity contribution in [3.63, 3.8) is 0 Å². The van der Waals surface area contributed by atoms with E-state index in [-0.39, 0.29) is 0 Å². The molecule has 0 amide bonds. The molecule has 0 bridgehead atoms. The van der Waals surface area contributed by atoms with Gasteiger partial charge in [-0.15, -0.1) is 0 Å². The summed E-state index contributed by atoms with van der Waals surface area (Å²) in [5.41, 5.74) is 10.2. The zero-order valence-electron chi connectivity index (χ0n) is 33.7. The summed E-state index contributed by atoms with van der Waals surface area (Å²) in [7, 11) is -2.12. The summed E-state index contributed by atoms with van der Waals surface area (Å²) >= 11 is 2.43. The van der Waals surface area contributed by atoms with E-state index in [4.69, 9.17) is 19.4 Å². The van der Waals surface area contributed by atoms with Crippen molar-refractivity contribution in [3.8, 4) is 0 Å². The minimum absolute atomic E-state index is 0.565. The maximum absolute atomic E-state index is 5.99. The SMILES string of the molecule is C[Si](C)(C)CCOCn1cc(I)c2c1ncc1ncc(C3CCCCC3)n12.Cc1cn(COCC[Si](C)(C)C)c2ncc3ncc(C4CCCCC4)n3c12. The first-order valence-electron chi connectivity index (χ1n) is 20.4. The lowest BCUT2D eigenvalue weighted by Crippen LogP contribution is -2.22. The average Bonchev–Trinajstić information content (AvgIpc) is 3.92. The smallest absolute Gasteiger partial charge is 0.160 e. The summed E-state index contributed by atoms with van der Waals surface area (Å²) in [6.45, 7) is 19.3. The van der Waals surface area contributed by atoms with Crippen LogP contribution >= 0.6 is 22.6 Å². The van der Waals surface area contributed by atoms with Crippen LogP contribution < -0.4 is 0 Å². The molecule has 2 aliphatic carbocycles. The average molecular weight is 881 g/mol. The van der Waals surface area contributed by atoms with E-state index >= 15 is 0 Å². The van der Waals surface area contributed by atoms with Gasteiger partial charge in [0.25, 0.3) is 0 Å². The quantitative estimate of drug-likeness (QED) is 0.0691. The van der Waals surface area contributed by atoms with E-state index in [2.05, 4.69) is 121 Å². The Hall–Kier alpha value is -2.60. The topological polar surface area (TPSA) is 88.7 Å². The van der Waals surface area contributed by atoms with Gasteiger partial charge in [0.05, 0.1) is 21.5 Å². The summed E-state index contributed by atoms with van der Waals surface area (Å²) in [4.78, 5) is 18.8. The van der Waals surface area contributed by atoms with E-state index in [0.29, 0.717) is 25.3 Å². The number of aromatic nitrogens is 8. The van der Waals surface area contributed by atoms with E-state index < -0.39 is 16.1 Å². The van der Waals surface area contributed by atoms with Crippen LogP contribution in [0, 0.1) is 10.5 Å². The van der Waals surface area contributed by atoms with Crippen LogP contribution in [0.2, 0.25) is 51.4 Å². The number of imidazole rings is 2. The molecule has 2 saturated carbocycles. The van der Waals surface area contributed by atoms with Gasteiger partial charge in [-0.1, -0.05) is 77.8 Å². The van der Waals surface area contributed by atoms with E-state index in [1.807, 2.05) is 12.4 Å². The highest BCUT2D eigenvalue weighted by Gasteiger charge is 2.24. The highest BCUT2D eigenvalue weighted by atomic mass is 127. The Bertz CT molecular complexity index is 2020. The molecule has 292 valence electrons. The van der Waals surface area contributed by atoms with Crippen LogP contribution in [0.15, 0.2) is 37.2 Å². The van der Waals surface area contributed by atoms with Crippen molar-refractivity contribution < 1.29 is 9.47 Å². The van der Waals surface area contributed by atoms with Crippen LogP contribution in [0.4, 0.5) is 0 Å². The first-order chi connectivity index (χ1) is 25.9. The van der Waals surface area contributed by atoms with E-state index in [9.17, 15) is 0 Å². The van der Waals surface area contributed by atoms with Crippen molar-refractivity contribution in [1.82, 2.24) is 37.9 Å². The molecule has 0 aromatic carbocycles. The van der Waals surface area contributed by atoms with Crippen molar-refractivity contribution in [1.29, 1.82) is 0 Å². The second kappa shape index (κ2) is 16.9. The molecule has 6 aromatic rings. The van der Waals surface area contributed by atoms with Crippen molar-refractivity contribution >= 4 is 72.4 Å². The monoisotopic (exact) mass is 880 g/mol. The van der Waals surface area contributed by atoms with Gasteiger partial charge in [-0.25, -0.2) is 19.9 Å². The third-order valence-corrected chi connectivity index (χ3v) is 15.6. The number of halogens is 1. The van der Waals surface area contributed by atoms with Gasteiger partial charge in [0.1, 0.15) is 19.0 Å². The zero-order valence-corrected chi connectivity index (χ0v) is 37.9. The molecule has 8 rings (SSSR count). The molecule has 13 heteroatoms. The Kier molecular flexibility index (Phi) is 12.4. The number of fused-ring (bicyclic) bond motifs is 6. The van der Waals surface area contributed by atoms with Crippen LogP contribution in [0.5, 0.6) is 0 Å². The maximum Gasteiger partial charge on any atom is 0.160 e. The molecule has 10 nitrogen and oxygen atoms in total. The third kappa shape index (κ3) is 9.00. The molecule has 54 heavy (non-hydrogen) atoms. The number of rotatable bonds is 12. The number of ether oxygens (including phenoxy) is 2. The Labute approximate surface area is 336 Å². The second-order valence-corrected chi connectivity index (χ2v) is 30.6. The van der Waals surface area contributed by atoms with Crippen molar-refractivity contribution in [2.45, 2.75) is 148 Å². The summed E-state index contributed by atoms with van der Waals surface area (Å²) < 4.78 is 22.2. The zero-order chi connectivity index (χ0) is 38.0. The molecule has 2 aliphatic rings. The van der Waals surface area contributed by atoms with Gasteiger partial charge in [-0.05, 0) is 72.8 Å². The minimum atomic E-state index is -1.06. The van der Waals surface area contributed by atoms with Gasteiger partial charge < -0.3 is 18.6 Å². The number of hydrogen-bond donors (Lipinski definition) is 0. The Morgan fingerprint density at radius 1 is 0.611 bits per heavy atom.